The monoisotopic (exact) mass is 252 g/mol. The van der Waals surface area contributed by atoms with Gasteiger partial charge in [0.1, 0.15) is 0 Å². The number of nitrogens with zero attached hydrogens (tertiary/aromatic N) is 1. The normalized spacial score (nSPS) is 10.2. The van der Waals surface area contributed by atoms with Crippen molar-refractivity contribution in [2.45, 2.75) is 26.2 Å². The number of unbranched alkanes of at least 4 members (excludes halogenated alkanes) is 2. The van der Waals surface area contributed by atoms with Gasteiger partial charge >= 0.3 is 0 Å². The molecule has 0 bridgehead atoms. The van der Waals surface area contributed by atoms with Gasteiger partial charge < -0.3 is 5.73 Å². The van der Waals surface area contributed by atoms with Crippen molar-refractivity contribution in [3.05, 3.63) is 30.3 Å². The summed E-state index contributed by atoms with van der Waals surface area (Å²) in [5.41, 5.74) is 12.7. The number of nitrogens with two attached hydrogens (primary N) is 1. The first-order valence-corrected chi connectivity index (χ1v) is 6.29. The van der Waals surface area contributed by atoms with Gasteiger partial charge in [-0.1, -0.05) is 38.0 Å². The molecular formula is C12H20N4S. The molecule has 5 heteroatoms. The summed E-state index contributed by atoms with van der Waals surface area (Å²) in [4.78, 5) is 0. The maximum atomic E-state index is 5.66. The lowest BCUT2D eigenvalue weighted by Crippen LogP contribution is -2.52. The number of hydrazine groups is 2. The van der Waals surface area contributed by atoms with E-state index in [9.17, 15) is 0 Å². The molecule has 0 aliphatic rings. The molecule has 0 saturated heterocycles. The van der Waals surface area contributed by atoms with E-state index >= 15 is 0 Å². The Kier molecular flexibility index (Phi) is 6.54. The number of nitrogens with one attached hydrogen (secondary N) is 2. The number of para-hydroxylation sites is 1. The Labute approximate surface area is 108 Å². The number of thiocarbonyl (C=S) groups is 1. The van der Waals surface area contributed by atoms with Crippen LogP contribution in [0.4, 0.5) is 5.69 Å². The van der Waals surface area contributed by atoms with Crippen LogP contribution in [0, 0.1) is 0 Å². The maximum absolute atomic E-state index is 5.66. The molecule has 0 fully saturated rings. The Morgan fingerprint density at radius 3 is 2.59 bits per heavy atom. The molecule has 1 rings (SSSR count). The highest BCUT2D eigenvalue weighted by Crippen LogP contribution is 2.09. The van der Waals surface area contributed by atoms with Crippen LogP contribution in [0.15, 0.2) is 30.3 Å². The molecule has 0 aliphatic carbocycles. The average molecular weight is 252 g/mol. The summed E-state index contributed by atoms with van der Waals surface area (Å²) in [7, 11) is 0. The molecule has 0 atom stereocenters. The van der Waals surface area contributed by atoms with Crippen LogP contribution in [0.2, 0.25) is 0 Å². The van der Waals surface area contributed by atoms with Crippen molar-refractivity contribution >= 4 is 23.0 Å². The molecule has 0 heterocycles. The van der Waals surface area contributed by atoms with Gasteiger partial charge in [0.2, 0.25) is 0 Å². The Morgan fingerprint density at radius 1 is 1.29 bits per heavy atom. The summed E-state index contributed by atoms with van der Waals surface area (Å²) in [6, 6.07) is 9.73. The van der Waals surface area contributed by atoms with Gasteiger partial charge in [-0.05, 0) is 30.8 Å². The quantitative estimate of drug-likeness (QED) is 0.393. The lowest BCUT2D eigenvalue weighted by Gasteiger charge is -2.23. The molecule has 4 nitrogen and oxygen atoms in total. The molecule has 0 radical (unpaired) electrons. The van der Waals surface area contributed by atoms with Crippen molar-refractivity contribution < 1.29 is 0 Å². The second-order valence-electron chi connectivity index (χ2n) is 3.75. The lowest BCUT2D eigenvalue weighted by molar-refractivity contribution is 0.523. The molecule has 1 aromatic carbocycles. The highest BCUT2D eigenvalue weighted by atomic mass is 32.1. The number of anilines is 1. The van der Waals surface area contributed by atoms with Gasteiger partial charge in [0, 0.05) is 6.54 Å². The van der Waals surface area contributed by atoms with Crippen LogP contribution in [0.3, 0.4) is 0 Å². The summed E-state index contributed by atoms with van der Waals surface area (Å²) in [5, 5.41) is 1.94. The Balaban J connectivity index is 2.42. The predicted molar refractivity (Wildman–Crippen MR) is 76.4 cm³/mol. The van der Waals surface area contributed by atoms with Gasteiger partial charge in [-0.3, -0.25) is 0 Å². The van der Waals surface area contributed by atoms with Gasteiger partial charge in [-0.2, -0.15) is 5.53 Å². The largest absolute Gasteiger partial charge is 0.375 e. The van der Waals surface area contributed by atoms with E-state index in [2.05, 4.69) is 17.9 Å². The fraction of sp³-hybridized carbons (Fsp3) is 0.417. The second-order valence-corrected chi connectivity index (χ2v) is 4.17. The molecular weight excluding hydrogens is 232 g/mol. The minimum absolute atomic E-state index is 0.291. The van der Waals surface area contributed by atoms with Gasteiger partial charge in [0.15, 0.2) is 5.11 Å². The smallest absolute Gasteiger partial charge is 0.186 e. The van der Waals surface area contributed by atoms with Gasteiger partial charge in [-0.15, -0.1) is 0 Å². The van der Waals surface area contributed by atoms with Crippen LogP contribution in [-0.2, 0) is 0 Å². The molecule has 0 spiro atoms. The Hall–Kier alpha value is -1.17. The van der Waals surface area contributed by atoms with Crippen LogP contribution in [-0.4, -0.2) is 11.7 Å². The first-order valence-electron chi connectivity index (χ1n) is 5.88. The SMILES string of the molecule is CCCCCNNN(C(N)=S)c1ccccc1. The summed E-state index contributed by atoms with van der Waals surface area (Å²) in [5.74, 6) is 0. The number of benzene rings is 1. The molecule has 4 N–H and O–H groups in total. The molecule has 1 aromatic rings. The Bertz CT molecular complexity index is 329. The van der Waals surface area contributed by atoms with E-state index in [0.717, 1.165) is 18.7 Å². The van der Waals surface area contributed by atoms with E-state index in [1.165, 1.54) is 12.8 Å². The molecule has 0 saturated carbocycles. The Morgan fingerprint density at radius 2 is 2.00 bits per heavy atom. The minimum atomic E-state index is 0.291. The van der Waals surface area contributed by atoms with E-state index in [-0.39, 0.29) is 0 Å². The molecule has 94 valence electrons. The molecule has 0 aliphatic heterocycles. The molecule has 0 aromatic heterocycles. The third-order valence-corrected chi connectivity index (χ3v) is 2.51. The van der Waals surface area contributed by atoms with E-state index < -0.39 is 0 Å². The first kappa shape index (κ1) is 13.9. The van der Waals surface area contributed by atoms with Crippen LogP contribution in [0.1, 0.15) is 26.2 Å². The second kappa shape index (κ2) is 8.00. The van der Waals surface area contributed by atoms with Crippen molar-refractivity contribution in [2.24, 2.45) is 5.73 Å². The van der Waals surface area contributed by atoms with E-state index in [1.807, 2.05) is 30.3 Å². The summed E-state index contributed by atoms with van der Waals surface area (Å²) >= 11 is 5.00. The fourth-order valence-electron chi connectivity index (χ4n) is 1.42. The average Bonchev–Trinajstić information content (AvgIpc) is 2.34. The van der Waals surface area contributed by atoms with Crippen LogP contribution in [0.5, 0.6) is 0 Å². The van der Waals surface area contributed by atoms with E-state index in [1.54, 1.807) is 5.01 Å². The van der Waals surface area contributed by atoms with Crippen LogP contribution in [0.25, 0.3) is 0 Å². The molecule has 17 heavy (non-hydrogen) atoms. The van der Waals surface area contributed by atoms with Crippen molar-refractivity contribution in [3.63, 3.8) is 0 Å². The van der Waals surface area contributed by atoms with Gasteiger partial charge in [-0.25, -0.2) is 10.4 Å². The topological polar surface area (TPSA) is 53.3 Å². The lowest BCUT2D eigenvalue weighted by atomic mass is 10.2. The zero-order chi connectivity index (χ0) is 12.5. The minimum Gasteiger partial charge on any atom is -0.375 e. The zero-order valence-corrected chi connectivity index (χ0v) is 11.0. The highest BCUT2D eigenvalue weighted by Gasteiger charge is 2.07. The standard InChI is InChI=1S/C12H20N4S/c1-2-3-7-10-14-15-16(12(13)17)11-8-5-4-6-9-11/h4-6,8-9,14-15H,2-3,7,10H2,1H3,(H2,13,17). The van der Waals surface area contributed by atoms with E-state index in [4.69, 9.17) is 18.0 Å². The first-order chi connectivity index (χ1) is 8.25. The number of hydrogen-bond acceptors (Lipinski definition) is 3. The van der Waals surface area contributed by atoms with Crippen molar-refractivity contribution in [1.29, 1.82) is 0 Å². The van der Waals surface area contributed by atoms with E-state index in [0.29, 0.717) is 5.11 Å². The van der Waals surface area contributed by atoms with Crippen LogP contribution >= 0.6 is 12.2 Å². The van der Waals surface area contributed by atoms with Crippen molar-refractivity contribution in [1.82, 2.24) is 11.0 Å². The molecule has 0 unspecified atom stereocenters. The fourth-order valence-corrected chi connectivity index (χ4v) is 1.57. The van der Waals surface area contributed by atoms with Crippen LogP contribution < -0.4 is 21.7 Å². The third-order valence-electron chi connectivity index (χ3n) is 2.33. The predicted octanol–water partition coefficient (Wildman–Crippen LogP) is 1.94. The zero-order valence-electron chi connectivity index (χ0n) is 10.1. The third kappa shape index (κ3) is 5.12. The van der Waals surface area contributed by atoms with Gasteiger partial charge in [0.25, 0.3) is 0 Å². The summed E-state index contributed by atoms with van der Waals surface area (Å²) in [6.07, 6.45) is 3.55. The number of hydrogen-bond donors (Lipinski definition) is 3. The summed E-state index contributed by atoms with van der Waals surface area (Å²) in [6.45, 7) is 3.07. The molecule has 0 amide bonds. The van der Waals surface area contributed by atoms with Crippen molar-refractivity contribution in [3.8, 4) is 0 Å². The highest BCUT2D eigenvalue weighted by molar-refractivity contribution is 7.80. The number of rotatable bonds is 7. The van der Waals surface area contributed by atoms with Gasteiger partial charge in [0.05, 0.1) is 5.69 Å². The summed E-state index contributed by atoms with van der Waals surface area (Å²) < 4.78 is 0. The maximum Gasteiger partial charge on any atom is 0.186 e. The van der Waals surface area contributed by atoms with Crippen molar-refractivity contribution in [2.75, 3.05) is 11.6 Å².